The maximum Gasteiger partial charge on any atom is 0.335 e. The van der Waals surface area contributed by atoms with Crippen LogP contribution in [0, 0.1) is 17.8 Å². The van der Waals surface area contributed by atoms with Crippen LogP contribution in [0.4, 0.5) is 0 Å². The van der Waals surface area contributed by atoms with Gasteiger partial charge >= 0.3 is 5.97 Å². The van der Waals surface area contributed by atoms with Gasteiger partial charge in [-0.1, -0.05) is 36.4 Å². The van der Waals surface area contributed by atoms with Gasteiger partial charge in [0.05, 0.1) is 11.1 Å². The fourth-order valence-corrected chi connectivity index (χ4v) is 9.08. The van der Waals surface area contributed by atoms with Gasteiger partial charge in [0.1, 0.15) is 10.9 Å². The molecule has 7 nitrogen and oxygen atoms in total. The fourth-order valence-electron chi connectivity index (χ4n) is 7.32. The summed E-state index contributed by atoms with van der Waals surface area (Å²) in [7, 11) is -3.79. The average Bonchev–Trinajstić information content (AvgIpc) is 3.15. The predicted molar refractivity (Wildman–Crippen MR) is 133 cm³/mol. The average molecular weight is 495 g/mol. The van der Waals surface area contributed by atoms with E-state index in [0.717, 1.165) is 24.0 Å². The fraction of sp³-hybridized carbons (Fsp3) is 0.481. The van der Waals surface area contributed by atoms with Gasteiger partial charge in [0.2, 0.25) is 10.0 Å². The number of benzene rings is 2. The van der Waals surface area contributed by atoms with Crippen molar-refractivity contribution in [2.45, 2.75) is 62.3 Å². The van der Waals surface area contributed by atoms with E-state index in [-0.39, 0.29) is 17.1 Å². The Labute approximate surface area is 205 Å². The van der Waals surface area contributed by atoms with Gasteiger partial charge in [-0.05, 0) is 92.5 Å². The number of carboxylic acids is 1. The van der Waals surface area contributed by atoms with Gasteiger partial charge in [0.25, 0.3) is 6.02 Å². The van der Waals surface area contributed by atoms with Crippen molar-refractivity contribution in [1.82, 2.24) is 4.72 Å². The number of nitrogens with zero attached hydrogens (tertiary/aromatic N) is 1. The van der Waals surface area contributed by atoms with Crippen LogP contribution in [0.5, 0.6) is 0 Å². The van der Waals surface area contributed by atoms with Crippen LogP contribution in [-0.2, 0) is 14.8 Å². The number of aliphatic imine (C=N–C) groups is 1. The normalized spacial score (nSPS) is 35.0. The molecule has 1 aliphatic heterocycles. The summed E-state index contributed by atoms with van der Waals surface area (Å²) in [6.07, 6.45) is 5.77. The van der Waals surface area contributed by atoms with E-state index in [2.05, 4.69) is 4.72 Å². The van der Waals surface area contributed by atoms with Crippen LogP contribution in [0.15, 0.2) is 53.5 Å². The molecule has 5 aliphatic rings. The topological polar surface area (TPSA) is 105 Å². The summed E-state index contributed by atoms with van der Waals surface area (Å²) in [5.41, 5.74) is 1.20. The smallest absolute Gasteiger partial charge is 0.335 e. The molecule has 2 N–H and O–H groups in total. The lowest BCUT2D eigenvalue weighted by atomic mass is 9.81. The Hall–Kier alpha value is -2.87. The van der Waals surface area contributed by atoms with Crippen LogP contribution in [0.25, 0.3) is 11.1 Å². The number of hydrogen-bond acceptors (Lipinski definition) is 5. The zero-order valence-electron chi connectivity index (χ0n) is 19.9. The third kappa shape index (κ3) is 3.73. The van der Waals surface area contributed by atoms with Gasteiger partial charge in [0, 0.05) is 0 Å². The minimum Gasteiger partial charge on any atom is -0.478 e. The van der Waals surface area contributed by atoms with E-state index < -0.39 is 26.8 Å². The van der Waals surface area contributed by atoms with Crippen molar-refractivity contribution in [2.75, 3.05) is 0 Å². The monoisotopic (exact) mass is 494 g/mol. The quantitative estimate of drug-likeness (QED) is 0.638. The molecule has 0 spiro atoms. The summed E-state index contributed by atoms with van der Waals surface area (Å²) in [4.78, 5) is 16.3. The lowest BCUT2D eigenvalue weighted by molar-refractivity contribution is 0.0695. The molecule has 0 radical (unpaired) electrons. The summed E-state index contributed by atoms with van der Waals surface area (Å²) in [5.74, 6) is 0.984. The van der Waals surface area contributed by atoms with Crippen molar-refractivity contribution in [3.8, 4) is 11.1 Å². The molecular formula is C27H30N2O5S. The Kier molecular flexibility index (Phi) is 4.88. The first-order valence-electron chi connectivity index (χ1n) is 12.3. The number of ether oxygens (including phenoxy) is 1. The summed E-state index contributed by atoms with van der Waals surface area (Å²) >= 11 is 0. The largest absolute Gasteiger partial charge is 0.478 e. The molecule has 5 fully saturated rings. The number of aromatic carboxylic acids is 1. The minimum atomic E-state index is -3.79. The van der Waals surface area contributed by atoms with Crippen molar-refractivity contribution in [3.05, 3.63) is 59.7 Å². The van der Waals surface area contributed by atoms with E-state index in [9.17, 15) is 18.3 Å². The summed E-state index contributed by atoms with van der Waals surface area (Å²) in [5, 5.41) is 8.35. The van der Waals surface area contributed by atoms with Crippen molar-refractivity contribution >= 4 is 22.0 Å². The maximum atomic E-state index is 13.5. The summed E-state index contributed by atoms with van der Waals surface area (Å²) in [6.45, 7) is 3.59. The van der Waals surface area contributed by atoms with Crippen LogP contribution in [0.2, 0.25) is 0 Å². The van der Waals surface area contributed by atoms with E-state index in [1.807, 2.05) is 18.2 Å². The van der Waals surface area contributed by atoms with Gasteiger partial charge < -0.3 is 9.84 Å². The zero-order chi connectivity index (χ0) is 24.6. The summed E-state index contributed by atoms with van der Waals surface area (Å²) < 4.78 is 35.9. The molecule has 2 aromatic rings. The molecule has 184 valence electrons. The summed E-state index contributed by atoms with van der Waals surface area (Å²) in [6, 6.07) is 14.0. The first kappa shape index (κ1) is 22.6. The van der Waals surface area contributed by atoms with E-state index in [4.69, 9.17) is 9.73 Å². The van der Waals surface area contributed by atoms with Gasteiger partial charge in [-0.2, -0.15) is 0 Å². The van der Waals surface area contributed by atoms with Gasteiger partial charge in [-0.15, -0.1) is 0 Å². The first-order valence-corrected chi connectivity index (χ1v) is 13.8. The molecule has 4 aliphatic carbocycles. The number of carboxylic acid groups (broad SMARTS) is 1. The Morgan fingerprint density at radius 1 is 1.03 bits per heavy atom. The predicted octanol–water partition coefficient (Wildman–Crippen LogP) is 4.76. The molecule has 0 amide bonds. The van der Waals surface area contributed by atoms with E-state index in [1.165, 1.54) is 19.3 Å². The number of sulfonamides is 1. The van der Waals surface area contributed by atoms with Crippen LogP contribution < -0.4 is 4.72 Å². The molecule has 2 aromatic carbocycles. The van der Waals surface area contributed by atoms with Crippen LogP contribution in [-0.4, -0.2) is 36.7 Å². The van der Waals surface area contributed by atoms with Gasteiger partial charge in [-0.25, -0.2) is 22.9 Å². The SMILES string of the molecule is CC1(C)OC(=NC23CC4CC(CC2C4)C3)NS(=O)(=O)[C@H]1c1ccc(-c2cccc(C(=O)O)c2)cc1. The molecule has 1 saturated heterocycles. The molecule has 8 heteroatoms. The molecule has 7 rings (SSSR count). The molecule has 35 heavy (non-hydrogen) atoms. The minimum absolute atomic E-state index is 0.140. The lowest BCUT2D eigenvalue weighted by Gasteiger charge is -2.40. The Morgan fingerprint density at radius 2 is 1.71 bits per heavy atom. The molecule has 1 heterocycles. The molecule has 3 atom stereocenters. The number of hydrogen-bond donors (Lipinski definition) is 2. The molecule has 4 bridgehead atoms. The second-order valence-corrected chi connectivity index (χ2v) is 13.1. The number of nitrogens with one attached hydrogen (secondary N) is 1. The highest BCUT2D eigenvalue weighted by atomic mass is 32.2. The van der Waals surface area contributed by atoms with Crippen molar-refractivity contribution < 1.29 is 23.1 Å². The van der Waals surface area contributed by atoms with E-state index in [0.29, 0.717) is 23.3 Å². The number of carbonyl (C=O) groups is 1. The van der Waals surface area contributed by atoms with E-state index in [1.54, 1.807) is 44.2 Å². The Bertz CT molecular complexity index is 1320. The molecule has 0 aromatic heterocycles. The standard InChI is InChI=1S/C27H30N2O5S/c1-26(2)23(19-8-6-18(7-9-19)20-4-3-5-21(13-20)24(30)31)35(32,33)29-25(34-26)28-27-14-16-10-17(15-27)12-22(27)11-16/h3-9,13,16-17,22-23H,10-12,14-15H2,1-2H3,(H,28,29)(H,30,31)/t16?,17?,22?,23-,27?/m0/s1. The molecule has 4 saturated carbocycles. The van der Waals surface area contributed by atoms with Crippen molar-refractivity contribution in [3.63, 3.8) is 0 Å². The van der Waals surface area contributed by atoms with Crippen LogP contribution >= 0.6 is 0 Å². The molecular weight excluding hydrogens is 464 g/mol. The van der Waals surface area contributed by atoms with Crippen molar-refractivity contribution in [2.24, 2.45) is 22.7 Å². The second kappa shape index (κ2) is 7.56. The number of amidine groups is 1. The van der Waals surface area contributed by atoms with Gasteiger partial charge in [0.15, 0.2) is 0 Å². The highest BCUT2D eigenvalue weighted by Gasteiger charge is 2.59. The first-order chi connectivity index (χ1) is 16.5. The van der Waals surface area contributed by atoms with Crippen molar-refractivity contribution in [1.29, 1.82) is 0 Å². The van der Waals surface area contributed by atoms with Crippen LogP contribution in [0.3, 0.4) is 0 Å². The maximum absolute atomic E-state index is 13.5. The zero-order valence-corrected chi connectivity index (χ0v) is 20.7. The van der Waals surface area contributed by atoms with E-state index >= 15 is 0 Å². The second-order valence-electron chi connectivity index (χ2n) is 11.3. The highest BCUT2D eigenvalue weighted by Crippen LogP contribution is 2.62. The Morgan fingerprint density at radius 3 is 2.34 bits per heavy atom. The molecule has 2 unspecified atom stereocenters. The third-order valence-electron chi connectivity index (χ3n) is 8.46. The highest BCUT2D eigenvalue weighted by molar-refractivity contribution is 7.90. The third-order valence-corrected chi connectivity index (χ3v) is 10.4. The lowest BCUT2D eigenvalue weighted by Crippen LogP contribution is -2.54. The van der Waals surface area contributed by atoms with Gasteiger partial charge in [-0.3, -0.25) is 0 Å². The number of rotatable bonds is 4. The Balaban J connectivity index is 1.28. The van der Waals surface area contributed by atoms with Crippen LogP contribution in [0.1, 0.15) is 67.1 Å².